The van der Waals surface area contributed by atoms with E-state index < -0.39 is 12.0 Å². The van der Waals surface area contributed by atoms with Gasteiger partial charge < -0.3 is 14.9 Å². The molecule has 6 heteroatoms. The van der Waals surface area contributed by atoms with Crippen LogP contribution in [0.15, 0.2) is 24.4 Å². The summed E-state index contributed by atoms with van der Waals surface area (Å²) in [6.07, 6.45) is 2.95. The highest BCUT2D eigenvalue weighted by molar-refractivity contribution is 5.83. The Labute approximate surface area is 118 Å². The first-order valence-corrected chi connectivity index (χ1v) is 6.81. The number of hydrogen-bond donors (Lipinski definition) is 1. The maximum atomic E-state index is 12.5. The summed E-state index contributed by atoms with van der Waals surface area (Å²) in [4.78, 5) is 30.9. The second-order valence-electron chi connectivity index (χ2n) is 4.81. The normalized spacial score (nSPS) is 18.1. The van der Waals surface area contributed by atoms with E-state index >= 15 is 0 Å². The highest BCUT2D eigenvalue weighted by Crippen LogP contribution is 2.20. The van der Waals surface area contributed by atoms with Crippen molar-refractivity contribution in [3.05, 3.63) is 30.1 Å². The molecule has 2 heterocycles. The molecule has 0 saturated carbocycles. The Bertz CT molecular complexity index is 478. The van der Waals surface area contributed by atoms with Crippen molar-refractivity contribution in [3.63, 3.8) is 0 Å². The van der Waals surface area contributed by atoms with Gasteiger partial charge in [-0.2, -0.15) is 0 Å². The van der Waals surface area contributed by atoms with Crippen LogP contribution in [0.1, 0.15) is 25.5 Å². The molecule has 0 aromatic carbocycles. The molecule has 108 valence electrons. The number of hydrogen-bond acceptors (Lipinski definition) is 3. The van der Waals surface area contributed by atoms with Crippen molar-refractivity contribution in [1.29, 1.82) is 0 Å². The molecule has 2 amide bonds. The van der Waals surface area contributed by atoms with Crippen molar-refractivity contribution >= 4 is 12.0 Å². The summed E-state index contributed by atoms with van der Waals surface area (Å²) in [7, 11) is 0. The summed E-state index contributed by atoms with van der Waals surface area (Å²) in [5.41, 5.74) is 0.800. The monoisotopic (exact) mass is 277 g/mol. The Kier molecular flexibility index (Phi) is 4.55. The molecule has 1 aromatic heterocycles. The molecule has 0 radical (unpaired) electrons. The first kappa shape index (κ1) is 14.3. The van der Waals surface area contributed by atoms with Crippen LogP contribution in [0.5, 0.6) is 0 Å². The van der Waals surface area contributed by atoms with E-state index in [1.54, 1.807) is 11.1 Å². The molecule has 1 atom stereocenters. The topological polar surface area (TPSA) is 73.7 Å². The number of carboxylic acid groups (broad SMARTS) is 1. The van der Waals surface area contributed by atoms with E-state index in [4.69, 9.17) is 5.11 Å². The van der Waals surface area contributed by atoms with E-state index in [-0.39, 0.29) is 6.03 Å². The van der Waals surface area contributed by atoms with Crippen LogP contribution in [0.4, 0.5) is 4.79 Å². The van der Waals surface area contributed by atoms with Gasteiger partial charge in [-0.05, 0) is 31.9 Å². The molecule has 6 nitrogen and oxygen atoms in total. The Morgan fingerprint density at radius 3 is 2.90 bits per heavy atom. The average Bonchev–Trinajstić information content (AvgIpc) is 2.94. The minimum atomic E-state index is -0.926. The van der Waals surface area contributed by atoms with Gasteiger partial charge in [-0.25, -0.2) is 9.59 Å². The zero-order chi connectivity index (χ0) is 14.5. The summed E-state index contributed by atoms with van der Waals surface area (Å²) in [5, 5.41) is 9.15. The predicted octanol–water partition coefficient (Wildman–Crippen LogP) is 1.57. The number of rotatable bonds is 4. The minimum absolute atomic E-state index is 0.219. The molecule has 1 N–H and O–H groups in total. The molecule has 1 fully saturated rings. The number of aromatic nitrogens is 1. The first-order chi connectivity index (χ1) is 9.63. The summed E-state index contributed by atoms with van der Waals surface area (Å²) < 4.78 is 0. The molecular weight excluding hydrogens is 258 g/mol. The van der Waals surface area contributed by atoms with Crippen LogP contribution in [0.3, 0.4) is 0 Å². The number of pyridine rings is 1. The van der Waals surface area contributed by atoms with Crippen molar-refractivity contribution in [3.8, 4) is 0 Å². The number of carbonyl (C=O) groups excluding carboxylic acids is 1. The van der Waals surface area contributed by atoms with E-state index in [1.165, 1.54) is 4.90 Å². The third-order valence-corrected chi connectivity index (χ3v) is 3.51. The molecule has 0 unspecified atom stereocenters. The van der Waals surface area contributed by atoms with Gasteiger partial charge in [0, 0.05) is 19.3 Å². The molecule has 20 heavy (non-hydrogen) atoms. The molecule has 0 spiro atoms. The van der Waals surface area contributed by atoms with Gasteiger partial charge >= 0.3 is 12.0 Å². The van der Waals surface area contributed by atoms with Crippen molar-refractivity contribution in [2.24, 2.45) is 0 Å². The van der Waals surface area contributed by atoms with Crippen molar-refractivity contribution in [1.82, 2.24) is 14.8 Å². The largest absolute Gasteiger partial charge is 0.480 e. The number of amides is 2. The number of nitrogens with zero attached hydrogens (tertiary/aromatic N) is 3. The van der Waals surface area contributed by atoms with Crippen molar-refractivity contribution in [2.45, 2.75) is 32.4 Å². The standard InChI is InChI=1S/C14H19N3O3/c1-2-16(10-11-6-3-4-8-15-11)14(20)17-9-5-7-12(17)13(18)19/h3-4,6,8,12H,2,5,7,9-10H2,1H3,(H,18,19)/t12-/m1/s1. The van der Waals surface area contributed by atoms with Gasteiger partial charge in [0.15, 0.2) is 0 Å². The molecular formula is C14H19N3O3. The van der Waals surface area contributed by atoms with E-state index in [0.29, 0.717) is 26.1 Å². The highest BCUT2D eigenvalue weighted by atomic mass is 16.4. The van der Waals surface area contributed by atoms with Gasteiger partial charge in [0.25, 0.3) is 0 Å². The Morgan fingerprint density at radius 1 is 1.50 bits per heavy atom. The van der Waals surface area contributed by atoms with Crippen LogP contribution in [0.2, 0.25) is 0 Å². The quantitative estimate of drug-likeness (QED) is 0.906. The fraction of sp³-hybridized carbons (Fsp3) is 0.500. The van der Waals surface area contributed by atoms with E-state index in [1.807, 2.05) is 25.1 Å². The molecule has 1 aliphatic rings. The van der Waals surface area contributed by atoms with E-state index in [9.17, 15) is 9.59 Å². The van der Waals surface area contributed by atoms with Crippen LogP contribution in [-0.2, 0) is 11.3 Å². The lowest BCUT2D eigenvalue weighted by atomic mass is 10.2. The number of aliphatic carboxylic acids is 1. The third-order valence-electron chi connectivity index (χ3n) is 3.51. The van der Waals surface area contributed by atoms with Crippen LogP contribution in [0.25, 0.3) is 0 Å². The maximum absolute atomic E-state index is 12.5. The average molecular weight is 277 g/mol. The summed E-state index contributed by atoms with van der Waals surface area (Å²) in [6, 6.07) is 4.64. The zero-order valence-electron chi connectivity index (χ0n) is 11.5. The van der Waals surface area contributed by atoms with Gasteiger partial charge in [0.05, 0.1) is 12.2 Å². The fourth-order valence-corrected chi connectivity index (χ4v) is 2.44. The van der Waals surface area contributed by atoms with Crippen LogP contribution in [0, 0.1) is 0 Å². The molecule has 1 aliphatic heterocycles. The lowest BCUT2D eigenvalue weighted by Crippen LogP contribution is -2.47. The smallest absolute Gasteiger partial charge is 0.326 e. The van der Waals surface area contributed by atoms with Gasteiger partial charge in [0.1, 0.15) is 6.04 Å². The van der Waals surface area contributed by atoms with Gasteiger partial charge in [-0.3, -0.25) is 4.98 Å². The number of urea groups is 1. The van der Waals surface area contributed by atoms with Crippen molar-refractivity contribution < 1.29 is 14.7 Å². The second kappa shape index (κ2) is 6.36. The number of likely N-dealkylation sites (tertiary alicyclic amines) is 1. The van der Waals surface area contributed by atoms with Crippen LogP contribution >= 0.6 is 0 Å². The van der Waals surface area contributed by atoms with Gasteiger partial charge in [-0.1, -0.05) is 6.07 Å². The summed E-state index contributed by atoms with van der Waals surface area (Å²) in [5.74, 6) is -0.926. The number of carboxylic acids is 1. The van der Waals surface area contributed by atoms with Crippen LogP contribution < -0.4 is 0 Å². The molecule has 1 aromatic rings. The SMILES string of the molecule is CCN(Cc1ccccn1)C(=O)N1CCC[C@@H]1C(=O)O. The Balaban J connectivity index is 2.07. The third kappa shape index (κ3) is 3.07. The second-order valence-corrected chi connectivity index (χ2v) is 4.81. The summed E-state index contributed by atoms with van der Waals surface area (Å²) >= 11 is 0. The molecule has 0 aliphatic carbocycles. The molecule has 0 bridgehead atoms. The van der Waals surface area contributed by atoms with Crippen LogP contribution in [-0.4, -0.2) is 51.0 Å². The number of carbonyl (C=O) groups is 2. The van der Waals surface area contributed by atoms with Crippen molar-refractivity contribution in [2.75, 3.05) is 13.1 Å². The highest BCUT2D eigenvalue weighted by Gasteiger charge is 2.35. The minimum Gasteiger partial charge on any atom is -0.480 e. The summed E-state index contributed by atoms with van der Waals surface area (Å²) in [6.45, 7) is 3.32. The maximum Gasteiger partial charge on any atom is 0.326 e. The predicted molar refractivity (Wildman–Crippen MR) is 73.1 cm³/mol. The van der Waals surface area contributed by atoms with E-state index in [2.05, 4.69) is 4.98 Å². The van der Waals surface area contributed by atoms with Gasteiger partial charge in [0.2, 0.25) is 0 Å². The lowest BCUT2D eigenvalue weighted by Gasteiger charge is -2.29. The Hall–Kier alpha value is -2.11. The molecule has 2 rings (SSSR count). The fourth-order valence-electron chi connectivity index (χ4n) is 2.44. The Morgan fingerprint density at radius 2 is 2.30 bits per heavy atom. The van der Waals surface area contributed by atoms with E-state index in [0.717, 1.165) is 12.1 Å². The zero-order valence-corrected chi connectivity index (χ0v) is 11.5. The lowest BCUT2D eigenvalue weighted by molar-refractivity contribution is -0.141. The van der Waals surface area contributed by atoms with Gasteiger partial charge in [-0.15, -0.1) is 0 Å². The molecule has 1 saturated heterocycles. The first-order valence-electron chi connectivity index (χ1n) is 6.81.